The molecule has 0 saturated heterocycles. The van der Waals surface area contributed by atoms with Crippen LogP contribution in [-0.4, -0.2) is 86.5 Å². The Morgan fingerprint density at radius 2 is 1.43 bits per heavy atom. The maximum absolute atomic E-state index is 12.7. The van der Waals surface area contributed by atoms with E-state index in [1.807, 2.05) is 0 Å². The van der Waals surface area contributed by atoms with E-state index in [0.717, 1.165) is 0 Å². The van der Waals surface area contributed by atoms with Crippen molar-refractivity contribution >= 4 is 35.5 Å². The molecule has 12 N–H and O–H groups in total. The number of aliphatic hydroxyl groups excluding tert-OH is 1. The molecule has 16 heteroatoms. The molecule has 194 valence electrons. The topological polar surface area (TPSA) is 286 Å². The third-order valence-corrected chi connectivity index (χ3v) is 4.76. The molecule has 1 aromatic rings. The van der Waals surface area contributed by atoms with Crippen molar-refractivity contribution in [2.75, 3.05) is 6.61 Å². The summed E-state index contributed by atoms with van der Waals surface area (Å²) in [5.41, 5.74) is 16.2. The lowest BCUT2D eigenvalue weighted by Gasteiger charge is -2.24. The van der Waals surface area contributed by atoms with E-state index in [2.05, 4.69) is 25.9 Å². The van der Waals surface area contributed by atoms with Gasteiger partial charge in [-0.2, -0.15) is 0 Å². The Labute approximate surface area is 199 Å². The van der Waals surface area contributed by atoms with Crippen LogP contribution in [0, 0.1) is 0 Å². The van der Waals surface area contributed by atoms with Gasteiger partial charge in [0.15, 0.2) is 0 Å². The Balaban J connectivity index is 2.88. The van der Waals surface area contributed by atoms with Crippen LogP contribution in [-0.2, 0) is 35.2 Å². The number of nitrogens with one attached hydrogen (secondary N) is 4. The van der Waals surface area contributed by atoms with Gasteiger partial charge in [-0.1, -0.05) is 0 Å². The molecule has 35 heavy (non-hydrogen) atoms. The summed E-state index contributed by atoms with van der Waals surface area (Å²) >= 11 is 0. The Bertz CT molecular complexity index is 907. The summed E-state index contributed by atoms with van der Waals surface area (Å²) in [6.45, 7) is -0.873. The quantitative estimate of drug-likeness (QED) is 0.105. The van der Waals surface area contributed by atoms with Gasteiger partial charge in [-0.05, 0) is 12.8 Å². The van der Waals surface area contributed by atoms with E-state index in [0.29, 0.717) is 5.69 Å². The predicted octanol–water partition coefficient (Wildman–Crippen LogP) is -4.66. The number of carboxylic acid groups (broad SMARTS) is 1. The molecule has 0 radical (unpaired) electrons. The fourth-order valence-corrected chi connectivity index (χ4v) is 2.82. The molecular formula is C19H30N8O8. The zero-order valence-corrected chi connectivity index (χ0v) is 18.7. The van der Waals surface area contributed by atoms with Gasteiger partial charge in [0, 0.05) is 31.2 Å². The smallest absolute Gasteiger partial charge is 0.326 e. The zero-order valence-electron chi connectivity index (χ0n) is 18.7. The minimum absolute atomic E-state index is 0.0997. The second-order valence-corrected chi connectivity index (χ2v) is 7.60. The number of hydrogen-bond donors (Lipinski definition) is 9. The normalized spacial score (nSPS) is 14.1. The van der Waals surface area contributed by atoms with Crippen LogP contribution in [0.1, 0.15) is 31.4 Å². The first-order valence-corrected chi connectivity index (χ1v) is 10.5. The monoisotopic (exact) mass is 498 g/mol. The molecule has 0 aromatic carbocycles. The van der Waals surface area contributed by atoms with Crippen LogP contribution in [0.5, 0.6) is 0 Å². The minimum Gasteiger partial charge on any atom is -0.480 e. The van der Waals surface area contributed by atoms with Gasteiger partial charge in [0.05, 0.1) is 19.0 Å². The number of carbonyl (C=O) groups excluding carboxylic acids is 5. The number of aliphatic hydroxyl groups is 1. The van der Waals surface area contributed by atoms with Crippen LogP contribution < -0.4 is 33.2 Å². The number of amides is 5. The third kappa shape index (κ3) is 10.6. The number of primary amides is 2. The van der Waals surface area contributed by atoms with Crippen molar-refractivity contribution in [3.63, 3.8) is 0 Å². The lowest BCUT2D eigenvalue weighted by molar-refractivity contribution is -0.142. The van der Waals surface area contributed by atoms with Crippen LogP contribution in [0.25, 0.3) is 0 Å². The van der Waals surface area contributed by atoms with Gasteiger partial charge in [-0.3, -0.25) is 24.0 Å². The van der Waals surface area contributed by atoms with E-state index in [1.165, 1.54) is 12.5 Å². The highest BCUT2D eigenvalue weighted by atomic mass is 16.4. The van der Waals surface area contributed by atoms with E-state index in [1.54, 1.807) is 0 Å². The van der Waals surface area contributed by atoms with E-state index in [9.17, 15) is 39.0 Å². The van der Waals surface area contributed by atoms with Crippen molar-refractivity contribution in [2.24, 2.45) is 17.2 Å². The Hall–Kier alpha value is -4.05. The number of aromatic nitrogens is 2. The standard InChI is InChI=1S/C19H30N8O8/c20-10(1-3-14(21)29)16(31)27-13(7-28)18(33)25-11(2-4-15(22)30)17(32)26-12(19(34)35)5-9-6-23-8-24-9/h6,8,10-13,28H,1-5,7,20H2,(H2,21,29)(H2,22,30)(H,23,24)(H,25,33)(H,26,32)(H,27,31)(H,34,35). The Morgan fingerprint density at radius 3 is 1.94 bits per heavy atom. The molecule has 1 aromatic heterocycles. The molecule has 5 amide bonds. The number of aromatic amines is 1. The number of imidazole rings is 1. The Kier molecular flexibility index (Phi) is 11.8. The van der Waals surface area contributed by atoms with Gasteiger partial charge in [0.2, 0.25) is 29.5 Å². The minimum atomic E-state index is -1.54. The molecule has 0 aliphatic rings. The van der Waals surface area contributed by atoms with Crippen molar-refractivity contribution in [3.8, 4) is 0 Å². The second-order valence-electron chi connectivity index (χ2n) is 7.60. The molecule has 0 fully saturated rings. The summed E-state index contributed by atoms with van der Waals surface area (Å²) in [6.07, 6.45) is 1.67. The summed E-state index contributed by atoms with van der Waals surface area (Å²) in [6, 6.07) is -5.55. The Morgan fingerprint density at radius 1 is 0.886 bits per heavy atom. The summed E-state index contributed by atoms with van der Waals surface area (Å²) in [5, 5.41) is 25.7. The third-order valence-electron chi connectivity index (χ3n) is 4.76. The van der Waals surface area contributed by atoms with E-state index < -0.39 is 66.3 Å². The first-order valence-electron chi connectivity index (χ1n) is 10.5. The van der Waals surface area contributed by atoms with Crippen LogP contribution in [0.3, 0.4) is 0 Å². The maximum Gasteiger partial charge on any atom is 0.326 e. The predicted molar refractivity (Wildman–Crippen MR) is 118 cm³/mol. The number of nitrogens with two attached hydrogens (primary N) is 3. The molecule has 16 nitrogen and oxygen atoms in total. The molecule has 1 heterocycles. The average molecular weight is 498 g/mol. The van der Waals surface area contributed by atoms with Crippen molar-refractivity contribution < 1.29 is 39.0 Å². The molecule has 4 atom stereocenters. The first kappa shape index (κ1) is 29.0. The van der Waals surface area contributed by atoms with Crippen molar-refractivity contribution in [2.45, 2.75) is 56.3 Å². The number of hydrogen-bond acceptors (Lipinski definition) is 9. The molecule has 0 aliphatic carbocycles. The zero-order chi connectivity index (χ0) is 26.5. The van der Waals surface area contributed by atoms with Gasteiger partial charge in [0.25, 0.3) is 0 Å². The van der Waals surface area contributed by atoms with Crippen molar-refractivity contribution in [3.05, 3.63) is 18.2 Å². The summed E-state index contributed by atoms with van der Waals surface area (Å²) in [4.78, 5) is 77.6. The van der Waals surface area contributed by atoms with E-state index >= 15 is 0 Å². The lowest BCUT2D eigenvalue weighted by atomic mass is 10.1. The molecular weight excluding hydrogens is 468 g/mol. The number of carboxylic acids is 1. The average Bonchev–Trinajstić information content (AvgIpc) is 3.30. The van der Waals surface area contributed by atoms with Gasteiger partial charge < -0.3 is 48.3 Å². The molecule has 4 unspecified atom stereocenters. The number of aliphatic carboxylic acids is 1. The molecule has 0 spiro atoms. The SMILES string of the molecule is NC(=O)CCC(N)C(=O)NC(CO)C(=O)NC(CCC(N)=O)C(=O)NC(Cc1cnc[nH]1)C(=O)O. The van der Waals surface area contributed by atoms with Gasteiger partial charge in [-0.25, -0.2) is 9.78 Å². The number of carbonyl (C=O) groups is 6. The van der Waals surface area contributed by atoms with Gasteiger partial charge in [0.1, 0.15) is 18.1 Å². The van der Waals surface area contributed by atoms with Gasteiger partial charge in [-0.15, -0.1) is 0 Å². The highest BCUT2D eigenvalue weighted by molar-refractivity contribution is 5.94. The number of nitrogens with zero attached hydrogens (tertiary/aromatic N) is 1. The number of H-pyrrole nitrogens is 1. The molecule has 0 aliphatic heterocycles. The summed E-state index contributed by atoms with van der Waals surface area (Å²) < 4.78 is 0. The molecule has 1 rings (SSSR count). The van der Waals surface area contributed by atoms with Crippen molar-refractivity contribution in [1.82, 2.24) is 25.9 Å². The second kappa shape index (κ2) is 14.3. The largest absolute Gasteiger partial charge is 0.480 e. The molecule has 0 bridgehead atoms. The van der Waals surface area contributed by atoms with Crippen LogP contribution in [0.2, 0.25) is 0 Å². The first-order chi connectivity index (χ1) is 16.4. The van der Waals surface area contributed by atoms with Crippen molar-refractivity contribution in [1.29, 1.82) is 0 Å². The van der Waals surface area contributed by atoms with E-state index in [4.69, 9.17) is 17.2 Å². The maximum atomic E-state index is 12.7. The summed E-state index contributed by atoms with van der Waals surface area (Å²) in [5.74, 6) is -5.62. The van der Waals surface area contributed by atoms with Crippen LogP contribution in [0.4, 0.5) is 0 Å². The fourth-order valence-electron chi connectivity index (χ4n) is 2.82. The fraction of sp³-hybridized carbons (Fsp3) is 0.526. The lowest BCUT2D eigenvalue weighted by Crippen LogP contribution is -2.58. The highest BCUT2D eigenvalue weighted by Crippen LogP contribution is 2.04. The van der Waals surface area contributed by atoms with Crippen LogP contribution in [0.15, 0.2) is 12.5 Å². The molecule has 0 saturated carbocycles. The van der Waals surface area contributed by atoms with Gasteiger partial charge >= 0.3 is 5.97 Å². The number of rotatable bonds is 16. The summed E-state index contributed by atoms with van der Waals surface area (Å²) in [7, 11) is 0. The van der Waals surface area contributed by atoms with Crippen LogP contribution >= 0.6 is 0 Å². The highest BCUT2D eigenvalue weighted by Gasteiger charge is 2.30. The van der Waals surface area contributed by atoms with E-state index in [-0.39, 0.29) is 32.1 Å².